The van der Waals surface area contributed by atoms with Gasteiger partial charge in [0.05, 0.1) is 23.2 Å². The van der Waals surface area contributed by atoms with Crippen LogP contribution in [0.3, 0.4) is 0 Å². The Morgan fingerprint density at radius 2 is 1.83 bits per heavy atom. The summed E-state index contributed by atoms with van der Waals surface area (Å²) in [6.45, 7) is 0.167. The highest BCUT2D eigenvalue weighted by atomic mass is 19.1. The van der Waals surface area contributed by atoms with Crippen LogP contribution in [0.2, 0.25) is 0 Å². The molecule has 1 amide bonds. The number of aromatic nitrogens is 4. The molecular weight excluding hydrogens is 466 g/mol. The highest BCUT2D eigenvalue weighted by molar-refractivity contribution is 5.82. The number of carbonyl (C=O) groups is 1. The van der Waals surface area contributed by atoms with E-state index in [0.717, 1.165) is 57.1 Å². The van der Waals surface area contributed by atoms with Gasteiger partial charge in [0, 0.05) is 12.6 Å². The molecule has 1 aromatic carbocycles. The molecule has 2 aliphatic carbocycles. The number of hydrogen-bond acceptors (Lipinski definition) is 7. The number of imidazole rings is 1. The number of nitrogens with zero attached hydrogens (tertiary/aromatic N) is 5. The maximum atomic E-state index is 14.7. The van der Waals surface area contributed by atoms with E-state index in [4.69, 9.17) is 11.0 Å². The summed E-state index contributed by atoms with van der Waals surface area (Å²) in [5, 5.41) is 15.1. The van der Waals surface area contributed by atoms with Gasteiger partial charge < -0.3 is 16.4 Å². The van der Waals surface area contributed by atoms with Crippen molar-refractivity contribution in [1.29, 1.82) is 5.26 Å². The zero-order chi connectivity index (χ0) is 25.3. The minimum Gasteiger partial charge on any atom is -0.369 e. The number of anilines is 3. The summed E-state index contributed by atoms with van der Waals surface area (Å²) in [5.74, 6) is -1.71. The van der Waals surface area contributed by atoms with E-state index in [1.165, 1.54) is 0 Å². The third kappa shape index (κ3) is 4.55. The number of nitriles is 1. The van der Waals surface area contributed by atoms with E-state index < -0.39 is 28.6 Å². The van der Waals surface area contributed by atoms with Crippen molar-refractivity contribution in [3.63, 3.8) is 0 Å². The molecule has 0 saturated heterocycles. The Bertz CT molecular complexity index is 1310. The van der Waals surface area contributed by atoms with Gasteiger partial charge in [-0.05, 0) is 37.8 Å². The molecule has 9 nitrogen and oxygen atoms in total. The van der Waals surface area contributed by atoms with E-state index >= 15 is 0 Å². The number of primary amides is 1. The van der Waals surface area contributed by atoms with E-state index in [1.54, 1.807) is 16.8 Å². The lowest BCUT2D eigenvalue weighted by Gasteiger charge is -2.35. The van der Waals surface area contributed by atoms with Crippen molar-refractivity contribution in [2.45, 2.75) is 70.4 Å². The molecule has 2 aromatic heterocycles. The summed E-state index contributed by atoms with van der Waals surface area (Å²) in [5.41, 5.74) is 5.35. The maximum Gasteiger partial charge on any atom is 0.225 e. The fourth-order valence-corrected chi connectivity index (χ4v) is 5.37. The lowest BCUT2D eigenvalue weighted by Crippen LogP contribution is -2.42. The van der Waals surface area contributed by atoms with Crippen molar-refractivity contribution in [2.75, 3.05) is 10.6 Å². The van der Waals surface area contributed by atoms with Crippen LogP contribution in [0.4, 0.5) is 26.4 Å². The second-order valence-corrected chi connectivity index (χ2v) is 9.81. The number of fused-ring (bicyclic) bond motifs is 1. The van der Waals surface area contributed by atoms with Crippen molar-refractivity contribution < 1.29 is 13.6 Å². The minimum atomic E-state index is -0.929. The number of amides is 1. The van der Waals surface area contributed by atoms with Gasteiger partial charge in [0.2, 0.25) is 17.8 Å². The van der Waals surface area contributed by atoms with Gasteiger partial charge >= 0.3 is 0 Å². The molecule has 5 rings (SSSR count). The van der Waals surface area contributed by atoms with Crippen LogP contribution >= 0.6 is 0 Å². The molecule has 36 heavy (non-hydrogen) atoms. The average molecular weight is 495 g/mol. The van der Waals surface area contributed by atoms with E-state index in [2.05, 4.69) is 25.6 Å². The first-order valence-electron chi connectivity index (χ1n) is 12.3. The Kier molecular flexibility index (Phi) is 6.43. The predicted molar refractivity (Wildman–Crippen MR) is 130 cm³/mol. The summed E-state index contributed by atoms with van der Waals surface area (Å²) < 4.78 is 31.1. The van der Waals surface area contributed by atoms with Gasteiger partial charge in [0.25, 0.3) is 0 Å². The van der Waals surface area contributed by atoms with Crippen molar-refractivity contribution in [2.24, 2.45) is 11.1 Å². The van der Waals surface area contributed by atoms with Crippen LogP contribution in [0, 0.1) is 28.4 Å². The fourth-order valence-electron chi connectivity index (χ4n) is 5.37. The fraction of sp³-hybridized carbons (Fsp3) is 0.480. The lowest BCUT2D eigenvalue weighted by atomic mass is 9.73. The van der Waals surface area contributed by atoms with Crippen LogP contribution in [0.15, 0.2) is 18.3 Å². The van der Waals surface area contributed by atoms with Gasteiger partial charge in [-0.15, -0.1) is 0 Å². The highest BCUT2D eigenvalue weighted by Gasteiger charge is 2.39. The number of carbonyl (C=O) groups excluding carboxylic acids is 1. The second-order valence-electron chi connectivity index (χ2n) is 9.81. The number of benzene rings is 1. The van der Waals surface area contributed by atoms with Gasteiger partial charge in [-0.25, -0.2) is 18.7 Å². The van der Waals surface area contributed by atoms with Crippen LogP contribution in [0.5, 0.6) is 0 Å². The number of nitrogens with one attached hydrogen (secondary N) is 2. The van der Waals surface area contributed by atoms with E-state index in [-0.39, 0.29) is 24.1 Å². The number of nitrogens with two attached hydrogens (primary N) is 1. The smallest absolute Gasteiger partial charge is 0.225 e. The molecule has 3 aromatic rings. The SMILES string of the molecule is N#Cc1cc(F)c(Nc2nc3cnc(NC4CCCC4)nc3n2CC2(C(N)=O)CCCCC2)c(F)c1. The first kappa shape index (κ1) is 23.9. The summed E-state index contributed by atoms with van der Waals surface area (Å²) in [6, 6.07) is 3.92. The van der Waals surface area contributed by atoms with Crippen molar-refractivity contribution >= 4 is 34.7 Å². The quantitative estimate of drug-likeness (QED) is 0.440. The van der Waals surface area contributed by atoms with Crippen LogP contribution in [-0.2, 0) is 11.3 Å². The number of hydrogen-bond donors (Lipinski definition) is 3. The molecular formula is C25H28F2N8O. The zero-order valence-corrected chi connectivity index (χ0v) is 19.9. The Hall–Kier alpha value is -3.81. The van der Waals surface area contributed by atoms with Crippen LogP contribution in [-0.4, -0.2) is 31.5 Å². The van der Waals surface area contributed by atoms with Crippen LogP contribution in [0.25, 0.3) is 11.2 Å². The Balaban J connectivity index is 1.59. The van der Waals surface area contributed by atoms with Gasteiger partial charge in [-0.3, -0.25) is 9.36 Å². The van der Waals surface area contributed by atoms with E-state index in [0.29, 0.717) is 30.0 Å². The molecule has 2 heterocycles. The maximum absolute atomic E-state index is 14.7. The van der Waals surface area contributed by atoms with Gasteiger partial charge in [-0.2, -0.15) is 10.2 Å². The molecule has 0 bridgehead atoms. The lowest BCUT2D eigenvalue weighted by molar-refractivity contribution is -0.130. The summed E-state index contributed by atoms with van der Waals surface area (Å²) >= 11 is 0. The third-order valence-electron chi connectivity index (χ3n) is 7.38. The molecule has 0 spiro atoms. The van der Waals surface area contributed by atoms with Crippen LogP contribution < -0.4 is 16.4 Å². The Labute approximate surface area is 207 Å². The van der Waals surface area contributed by atoms with Crippen molar-refractivity contribution in [3.05, 3.63) is 35.5 Å². The molecule has 2 fully saturated rings. The first-order valence-corrected chi connectivity index (χ1v) is 12.3. The molecule has 0 radical (unpaired) electrons. The number of halogens is 2. The summed E-state index contributed by atoms with van der Waals surface area (Å²) in [4.78, 5) is 26.2. The molecule has 0 aliphatic heterocycles. The van der Waals surface area contributed by atoms with E-state index in [1.807, 2.05) is 0 Å². The monoisotopic (exact) mass is 494 g/mol. The van der Waals surface area contributed by atoms with Gasteiger partial charge in [0.1, 0.15) is 11.2 Å². The van der Waals surface area contributed by atoms with Crippen LogP contribution in [0.1, 0.15) is 63.4 Å². The number of rotatable bonds is 7. The topological polar surface area (TPSA) is 135 Å². The van der Waals surface area contributed by atoms with E-state index in [9.17, 15) is 13.6 Å². The summed E-state index contributed by atoms with van der Waals surface area (Å²) in [7, 11) is 0. The molecule has 4 N–H and O–H groups in total. The Morgan fingerprint density at radius 1 is 1.14 bits per heavy atom. The predicted octanol–water partition coefficient (Wildman–Crippen LogP) is 4.51. The zero-order valence-electron chi connectivity index (χ0n) is 19.9. The Morgan fingerprint density at radius 3 is 2.47 bits per heavy atom. The second kappa shape index (κ2) is 9.68. The molecule has 188 valence electrons. The van der Waals surface area contributed by atoms with Crippen molar-refractivity contribution in [3.8, 4) is 6.07 Å². The minimum absolute atomic E-state index is 0.117. The molecule has 0 unspecified atom stereocenters. The third-order valence-corrected chi connectivity index (χ3v) is 7.38. The van der Waals surface area contributed by atoms with Crippen molar-refractivity contribution in [1.82, 2.24) is 19.5 Å². The molecule has 0 atom stereocenters. The van der Waals surface area contributed by atoms with Gasteiger partial charge in [0.15, 0.2) is 17.3 Å². The normalized spacial score (nSPS) is 17.7. The summed E-state index contributed by atoms with van der Waals surface area (Å²) in [6.07, 6.45) is 9.89. The molecule has 2 aliphatic rings. The molecule has 11 heteroatoms. The van der Waals surface area contributed by atoms with Gasteiger partial charge in [-0.1, -0.05) is 32.1 Å². The largest absolute Gasteiger partial charge is 0.369 e. The molecule has 2 saturated carbocycles. The first-order chi connectivity index (χ1) is 17.4. The average Bonchev–Trinajstić information content (AvgIpc) is 3.49. The highest BCUT2D eigenvalue weighted by Crippen LogP contribution is 2.40. The standard InChI is InChI=1S/C25H28F2N8O/c26-17-10-15(12-28)11-18(27)20(17)33-24-32-19-13-30-23(31-16-6-2-3-7-16)34-21(19)35(24)14-25(22(29)36)8-4-1-5-9-25/h10-11,13,16H,1-9,14H2,(H2,29,36)(H,32,33)(H,30,31,34).